The lowest BCUT2D eigenvalue weighted by Gasteiger charge is -2.05. The molecule has 0 saturated heterocycles. The van der Waals surface area contributed by atoms with Crippen molar-refractivity contribution in [2.24, 2.45) is 0 Å². The molecule has 1 rings (SSSR count). The Hall–Kier alpha value is -0.970. The first-order chi connectivity index (χ1) is 5.55. The highest BCUT2D eigenvalue weighted by Gasteiger charge is 2.18. The molecule has 1 aromatic rings. The SMILES string of the molecule is CC(C)S(=O)(=O)c1cncnc1. The van der Waals surface area contributed by atoms with E-state index in [1.54, 1.807) is 13.8 Å². The van der Waals surface area contributed by atoms with Crippen LogP contribution in [0.1, 0.15) is 13.8 Å². The standard InChI is InChI=1S/C7H10N2O2S/c1-6(2)12(10,11)7-3-8-5-9-4-7/h3-6H,1-2H3. The maximum absolute atomic E-state index is 11.5. The monoisotopic (exact) mass is 186 g/mol. The zero-order valence-electron chi connectivity index (χ0n) is 6.93. The largest absolute Gasteiger partial charge is 0.243 e. The van der Waals surface area contributed by atoms with E-state index in [0.29, 0.717) is 0 Å². The van der Waals surface area contributed by atoms with Gasteiger partial charge in [0.25, 0.3) is 0 Å². The number of hydrogen-bond acceptors (Lipinski definition) is 4. The average molecular weight is 186 g/mol. The van der Waals surface area contributed by atoms with Crippen LogP contribution in [-0.4, -0.2) is 23.6 Å². The van der Waals surface area contributed by atoms with E-state index in [2.05, 4.69) is 9.97 Å². The molecule has 1 heterocycles. The third-order valence-corrected chi connectivity index (χ3v) is 3.60. The molecule has 0 aliphatic carbocycles. The fourth-order valence-electron chi connectivity index (χ4n) is 0.705. The summed E-state index contributed by atoms with van der Waals surface area (Å²) in [5, 5.41) is -0.427. The molecular formula is C7H10N2O2S. The van der Waals surface area contributed by atoms with Gasteiger partial charge < -0.3 is 0 Å². The number of nitrogens with zero attached hydrogens (tertiary/aromatic N) is 2. The maximum Gasteiger partial charge on any atom is 0.183 e. The second-order valence-electron chi connectivity index (χ2n) is 2.67. The topological polar surface area (TPSA) is 59.9 Å². The quantitative estimate of drug-likeness (QED) is 0.680. The van der Waals surface area contributed by atoms with E-state index in [1.807, 2.05) is 0 Å². The van der Waals surface area contributed by atoms with Gasteiger partial charge >= 0.3 is 0 Å². The van der Waals surface area contributed by atoms with Crippen molar-refractivity contribution < 1.29 is 8.42 Å². The molecule has 0 bridgehead atoms. The van der Waals surface area contributed by atoms with Crippen molar-refractivity contribution in [3.8, 4) is 0 Å². The van der Waals surface area contributed by atoms with Gasteiger partial charge in [-0.1, -0.05) is 0 Å². The van der Waals surface area contributed by atoms with Crippen LogP contribution in [0.2, 0.25) is 0 Å². The van der Waals surface area contributed by atoms with Gasteiger partial charge in [0.2, 0.25) is 0 Å². The Bertz CT molecular complexity index is 345. The van der Waals surface area contributed by atoms with Crippen LogP contribution in [0.25, 0.3) is 0 Å². The summed E-state index contributed by atoms with van der Waals surface area (Å²) in [6, 6.07) is 0. The molecule has 0 amide bonds. The Labute approximate surface area is 71.6 Å². The summed E-state index contributed by atoms with van der Waals surface area (Å²) >= 11 is 0. The van der Waals surface area contributed by atoms with E-state index in [-0.39, 0.29) is 4.90 Å². The highest BCUT2D eigenvalue weighted by molar-refractivity contribution is 7.92. The average Bonchev–Trinajstić information content (AvgIpc) is 2.06. The second-order valence-corrected chi connectivity index (χ2v) is 5.17. The predicted octanol–water partition coefficient (Wildman–Crippen LogP) is 0.659. The molecule has 5 heteroatoms. The van der Waals surface area contributed by atoms with E-state index in [1.165, 1.54) is 18.7 Å². The minimum atomic E-state index is -3.20. The van der Waals surface area contributed by atoms with E-state index in [9.17, 15) is 8.42 Å². The van der Waals surface area contributed by atoms with Crippen LogP contribution in [0.3, 0.4) is 0 Å². The van der Waals surface area contributed by atoms with Crippen LogP contribution < -0.4 is 0 Å². The molecule has 0 fully saturated rings. The smallest absolute Gasteiger partial charge is 0.183 e. The molecule has 0 unspecified atom stereocenters. The molecule has 0 spiro atoms. The van der Waals surface area contributed by atoms with Crippen molar-refractivity contribution in [3.63, 3.8) is 0 Å². The van der Waals surface area contributed by atoms with Gasteiger partial charge in [0, 0.05) is 12.4 Å². The van der Waals surface area contributed by atoms with E-state index < -0.39 is 15.1 Å². The van der Waals surface area contributed by atoms with Gasteiger partial charge in [0.15, 0.2) is 9.84 Å². The first-order valence-corrected chi connectivity index (χ1v) is 5.08. The van der Waals surface area contributed by atoms with Crippen molar-refractivity contribution >= 4 is 9.84 Å². The van der Waals surface area contributed by atoms with Crippen LogP contribution in [0.4, 0.5) is 0 Å². The minimum absolute atomic E-state index is 0.181. The summed E-state index contributed by atoms with van der Waals surface area (Å²) in [5.41, 5.74) is 0. The minimum Gasteiger partial charge on any atom is -0.243 e. The lowest BCUT2D eigenvalue weighted by Crippen LogP contribution is -2.14. The summed E-state index contributed by atoms with van der Waals surface area (Å²) in [6.07, 6.45) is 3.92. The molecule has 0 N–H and O–H groups in total. The molecule has 0 radical (unpaired) electrons. The Balaban J connectivity index is 3.17. The Morgan fingerprint density at radius 2 is 1.75 bits per heavy atom. The van der Waals surface area contributed by atoms with Crippen molar-refractivity contribution in [2.45, 2.75) is 24.0 Å². The zero-order valence-corrected chi connectivity index (χ0v) is 7.75. The fourth-order valence-corrected chi connectivity index (χ4v) is 1.66. The van der Waals surface area contributed by atoms with Crippen molar-refractivity contribution in [2.75, 3.05) is 0 Å². The molecule has 66 valence electrons. The van der Waals surface area contributed by atoms with Crippen LogP contribution in [-0.2, 0) is 9.84 Å². The van der Waals surface area contributed by atoms with Crippen molar-refractivity contribution in [3.05, 3.63) is 18.7 Å². The lowest BCUT2D eigenvalue weighted by molar-refractivity contribution is 0.586. The van der Waals surface area contributed by atoms with E-state index in [4.69, 9.17) is 0 Å². The molecule has 4 nitrogen and oxygen atoms in total. The first-order valence-electron chi connectivity index (χ1n) is 3.54. The van der Waals surface area contributed by atoms with E-state index >= 15 is 0 Å². The summed E-state index contributed by atoms with van der Waals surface area (Å²) in [5.74, 6) is 0. The van der Waals surface area contributed by atoms with Crippen molar-refractivity contribution in [1.82, 2.24) is 9.97 Å². The molecule has 1 aromatic heterocycles. The van der Waals surface area contributed by atoms with Crippen LogP contribution in [0.5, 0.6) is 0 Å². The normalized spacial score (nSPS) is 11.9. The number of aromatic nitrogens is 2. The van der Waals surface area contributed by atoms with Crippen LogP contribution in [0.15, 0.2) is 23.6 Å². The molecule has 12 heavy (non-hydrogen) atoms. The van der Waals surface area contributed by atoms with Gasteiger partial charge in [-0.25, -0.2) is 18.4 Å². The number of hydrogen-bond donors (Lipinski definition) is 0. The molecule has 0 aliphatic rings. The highest BCUT2D eigenvalue weighted by atomic mass is 32.2. The maximum atomic E-state index is 11.5. The predicted molar refractivity (Wildman–Crippen MR) is 44.4 cm³/mol. The number of sulfone groups is 1. The second kappa shape index (κ2) is 3.18. The van der Waals surface area contributed by atoms with Gasteiger partial charge in [-0.15, -0.1) is 0 Å². The van der Waals surface area contributed by atoms with Gasteiger partial charge in [-0.3, -0.25) is 0 Å². The molecule has 0 saturated carbocycles. The van der Waals surface area contributed by atoms with Crippen LogP contribution >= 0.6 is 0 Å². The summed E-state index contributed by atoms with van der Waals surface area (Å²) in [6.45, 7) is 3.25. The molecular weight excluding hydrogens is 176 g/mol. The van der Waals surface area contributed by atoms with Gasteiger partial charge in [0.05, 0.1) is 5.25 Å². The lowest BCUT2D eigenvalue weighted by atomic mass is 10.6. The molecule has 0 aromatic carbocycles. The summed E-state index contributed by atoms with van der Waals surface area (Å²) in [4.78, 5) is 7.47. The highest BCUT2D eigenvalue weighted by Crippen LogP contribution is 2.12. The molecule has 0 aliphatic heterocycles. The third kappa shape index (κ3) is 1.61. The summed E-state index contributed by atoms with van der Waals surface area (Å²) < 4.78 is 22.9. The zero-order chi connectivity index (χ0) is 9.19. The Morgan fingerprint density at radius 1 is 1.25 bits per heavy atom. The van der Waals surface area contributed by atoms with Gasteiger partial charge in [-0.05, 0) is 13.8 Å². The number of rotatable bonds is 2. The van der Waals surface area contributed by atoms with Crippen LogP contribution in [0, 0.1) is 0 Å². The Morgan fingerprint density at radius 3 is 2.17 bits per heavy atom. The van der Waals surface area contributed by atoms with Gasteiger partial charge in [-0.2, -0.15) is 0 Å². The summed E-state index contributed by atoms with van der Waals surface area (Å²) in [7, 11) is -3.20. The Kier molecular flexibility index (Phi) is 2.42. The third-order valence-electron chi connectivity index (χ3n) is 1.49. The first kappa shape index (κ1) is 9.12. The fraction of sp³-hybridized carbons (Fsp3) is 0.429. The van der Waals surface area contributed by atoms with Crippen molar-refractivity contribution in [1.29, 1.82) is 0 Å². The molecule has 0 atom stereocenters. The van der Waals surface area contributed by atoms with E-state index in [0.717, 1.165) is 0 Å². The van der Waals surface area contributed by atoms with Gasteiger partial charge in [0.1, 0.15) is 11.2 Å².